The van der Waals surface area contributed by atoms with Crippen molar-refractivity contribution in [3.05, 3.63) is 24.3 Å². The van der Waals surface area contributed by atoms with Gasteiger partial charge in [-0.25, -0.2) is 8.42 Å². The maximum absolute atomic E-state index is 13.0. The minimum atomic E-state index is -3.64. The van der Waals surface area contributed by atoms with Crippen LogP contribution in [0.25, 0.3) is 0 Å². The third-order valence-corrected chi connectivity index (χ3v) is 6.52. The summed E-state index contributed by atoms with van der Waals surface area (Å²) in [6, 6.07) is 6.59. The maximum atomic E-state index is 13.0. The number of hydrogen-bond acceptors (Lipinski definition) is 5. The van der Waals surface area contributed by atoms with E-state index in [1.807, 2.05) is 4.90 Å². The second-order valence-corrected chi connectivity index (χ2v) is 7.98. The first-order valence-corrected chi connectivity index (χ1v) is 9.61. The summed E-state index contributed by atoms with van der Waals surface area (Å²) in [5, 5.41) is 3.05. The molecule has 132 valence electrons. The molecule has 3 rings (SSSR count). The highest BCUT2D eigenvalue weighted by Gasteiger charge is 2.36. The van der Waals surface area contributed by atoms with Crippen LogP contribution in [0.5, 0.6) is 5.75 Å². The first-order chi connectivity index (χ1) is 11.5. The van der Waals surface area contributed by atoms with Crippen molar-refractivity contribution >= 4 is 15.9 Å². The number of piperazine rings is 1. The summed E-state index contributed by atoms with van der Waals surface area (Å²) < 4.78 is 32.7. The van der Waals surface area contributed by atoms with Gasteiger partial charge in [-0.05, 0) is 25.0 Å². The normalized spacial score (nSPS) is 23.3. The lowest BCUT2D eigenvalue weighted by molar-refractivity contribution is -0.135. The molecule has 1 aromatic carbocycles. The van der Waals surface area contributed by atoms with Gasteiger partial charge in [-0.3, -0.25) is 4.79 Å². The number of carbonyl (C=O) groups is 1. The number of rotatable bonds is 4. The fourth-order valence-corrected chi connectivity index (χ4v) is 5.04. The van der Waals surface area contributed by atoms with Gasteiger partial charge < -0.3 is 15.0 Å². The van der Waals surface area contributed by atoms with E-state index < -0.39 is 10.0 Å². The van der Waals surface area contributed by atoms with Crippen molar-refractivity contribution in [2.24, 2.45) is 0 Å². The molecule has 0 radical (unpaired) electrons. The van der Waals surface area contributed by atoms with Gasteiger partial charge in [0.15, 0.2) is 0 Å². The molecule has 1 N–H and O–H groups in total. The predicted octanol–water partition coefficient (Wildman–Crippen LogP) is 0.280. The molecular formula is C16H23N3O4S. The summed E-state index contributed by atoms with van der Waals surface area (Å²) in [7, 11) is -2.17. The number of nitrogens with one attached hydrogen (secondary N) is 1. The van der Waals surface area contributed by atoms with Gasteiger partial charge in [0, 0.05) is 32.2 Å². The van der Waals surface area contributed by atoms with E-state index >= 15 is 0 Å². The molecule has 1 aromatic rings. The van der Waals surface area contributed by atoms with E-state index in [0.717, 1.165) is 19.4 Å². The van der Waals surface area contributed by atoms with Gasteiger partial charge in [0.25, 0.3) is 0 Å². The fourth-order valence-electron chi connectivity index (χ4n) is 3.37. The Kier molecular flexibility index (Phi) is 5.07. The summed E-state index contributed by atoms with van der Waals surface area (Å²) in [6.45, 7) is 2.52. The quantitative estimate of drug-likeness (QED) is 0.841. The number of nitrogens with zero attached hydrogens (tertiary/aromatic N) is 2. The van der Waals surface area contributed by atoms with E-state index in [4.69, 9.17) is 4.74 Å². The molecular weight excluding hydrogens is 330 g/mol. The molecule has 1 amide bonds. The first-order valence-electron chi connectivity index (χ1n) is 8.17. The zero-order valence-electron chi connectivity index (χ0n) is 13.8. The van der Waals surface area contributed by atoms with Gasteiger partial charge in [-0.15, -0.1) is 0 Å². The standard InChI is InChI=1S/C16H23N3O4S/c1-23-14-6-2-3-7-15(14)24(21,22)18-9-4-5-13(12-18)19-10-8-17-11-16(19)20/h2-3,6-7,13,17H,4-5,8-12H2,1H3. The number of carbonyl (C=O) groups excluding carboxylic acids is 1. The lowest BCUT2D eigenvalue weighted by Gasteiger charge is -2.40. The maximum Gasteiger partial charge on any atom is 0.246 e. The smallest absolute Gasteiger partial charge is 0.246 e. The van der Waals surface area contributed by atoms with Crippen molar-refractivity contribution in [1.29, 1.82) is 0 Å². The van der Waals surface area contributed by atoms with Crippen molar-refractivity contribution in [1.82, 2.24) is 14.5 Å². The lowest BCUT2D eigenvalue weighted by atomic mass is 10.1. The van der Waals surface area contributed by atoms with Crippen LogP contribution in [0.1, 0.15) is 12.8 Å². The van der Waals surface area contributed by atoms with E-state index in [0.29, 0.717) is 31.9 Å². The lowest BCUT2D eigenvalue weighted by Crippen LogP contribution is -2.57. The van der Waals surface area contributed by atoms with E-state index in [1.54, 1.807) is 24.3 Å². The Morgan fingerprint density at radius 2 is 2.04 bits per heavy atom. The van der Waals surface area contributed by atoms with E-state index in [9.17, 15) is 13.2 Å². The summed E-state index contributed by atoms with van der Waals surface area (Å²) in [4.78, 5) is 14.1. The molecule has 0 spiro atoms. The molecule has 2 heterocycles. The van der Waals surface area contributed by atoms with Crippen LogP contribution in [0.2, 0.25) is 0 Å². The zero-order valence-corrected chi connectivity index (χ0v) is 14.6. The molecule has 8 heteroatoms. The average molecular weight is 353 g/mol. The van der Waals surface area contributed by atoms with E-state index in [1.165, 1.54) is 11.4 Å². The van der Waals surface area contributed by atoms with Gasteiger partial charge >= 0.3 is 0 Å². The van der Waals surface area contributed by atoms with Gasteiger partial charge in [0.2, 0.25) is 15.9 Å². The number of piperidine rings is 1. The molecule has 1 atom stereocenters. The minimum absolute atomic E-state index is 0.0442. The van der Waals surface area contributed by atoms with Crippen LogP contribution >= 0.6 is 0 Å². The average Bonchev–Trinajstić information content (AvgIpc) is 2.62. The highest BCUT2D eigenvalue weighted by atomic mass is 32.2. The predicted molar refractivity (Wildman–Crippen MR) is 89.4 cm³/mol. The summed E-state index contributed by atoms with van der Waals surface area (Å²) in [6.07, 6.45) is 1.58. The summed E-state index contributed by atoms with van der Waals surface area (Å²) in [5.41, 5.74) is 0. The number of methoxy groups -OCH3 is 1. The van der Waals surface area contributed by atoms with Crippen molar-refractivity contribution in [2.75, 3.05) is 39.8 Å². The number of amides is 1. The molecule has 24 heavy (non-hydrogen) atoms. The molecule has 0 aromatic heterocycles. The molecule has 2 aliphatic rings. The van der Waals surface area contributed by atoms with Crippen molar-refractivity contribution in [3.8, 4) is 5.75 Å². The highest BCUT2D eigenvalue weighted by molar-refractivity contribution is 7.89. The Morgan fingerprint density at radius 3 is 2.79 bits per heavy atom. The van der Waals surface area contributed by atoms with Crippen LogP contribution in [-0.2, 0) is 14.8 Å². The number of para-hydroxylation sites is 1. The number of sulfonamides is 1. The van der Waals surface area contributed by atoms with Crippen molar-refractivity contribution in [2.45, 2.75) is 23.8 Å². The Morgan fingerprint density at radius 1 is 1.25 bits per heavy atom. The van der Waals surface area contributed by atoms with Gasteiger partial charge in [0.1, 0.15) is 10.6 Å². The molecule has 1 unspecified atom stereocenters. The number of hydrogen-bond donors (Lipinski definition) is 1. The molecule has 0 bridgehead atoms. The van der Waals surface area contributed by atoms with E-state index in [-0.39, 0.29) is 16.8 Å². The summed E-state index contributed by atoms with van der Waals surface area (Å²) in [5.74, 6) is 0.390. The number of benzene rings is 1. The second-order valence-electron chi connectivity index (χ2n) is 6.07. The SMILES string of the molecule is COc1ccccc1S(=O)(=O)N1CCCC(N2CCNCC2=O)C1. The summed E-state index contributed by atoms with van der Waals surface area (Å²) >= 11 is 0. The van der Waals surface area contributed by atoms with Gasteiger partial charge in [-0.2, -0.15) is 4.31 Å². The van der Waals surface area contributed by atoms with Gasteiger partial charge in [0.05, 0.1) is 13.7 Å². The third-order valence-electron chi connectivity index (χ3n) is 4.61. The topological polar surface area (TPSA) is 79.0 Å². The molecule has 2 aliphatic heterocycles. The molecule has 2 saturated heterocycles. The molecule has 0 aliphatic carbocycles. The van der Waals surface area contributed by atoms with Crippen LogP contribution < -0.4 is 10.1 Å². The monoisotopic (exact) mass is 353 g/mol. The second kappa shape index (κ2) is 7.08. The molecule has 0 saturated carbocycles. The van der Waals surface area contributed by atoms with Crippen LogP contribution in [0, 0.1) is 0 Å². The van der Waals surface area contributed by atoms with E-state index in [2.05, 4.69) is 5.32 Å². The largest absolute Gasteiger partial charge is 0.495 e. The van der Waals surface area contributed by atoms with Crippen molar-refractivity contribution in [3.63, 3.8) is 0 Å². The van der Waals surface area contributed by atoms with Crippen LogP contribution in [-0.4, -0.2) is 69.4 Å². The van der Waals surface area contributed by atoms with Crippen molar-refractivity contribution < 1.29 is 17.9 Å². The highest BCUT2D eigenvalue weighted by Crippen LogP contribution is 2.29. The minimum Gasteiger partial charge on any atom is -0.495 e. The molecule has 7 nitrogen and oxygen atoms in total. The third kappa shape index (κ3) is 3.26. The Bertz CT molecular complexity index is 707. The van der Waals surface area contributed by atoms with Crippen LogP contribution in [0.15, 0.2) is 29.2 Å². The first kappa shape index (κ1) is 17.2. The van der Waals surface area contributed by atoms with Gasteiger partial charge in [-0.1, -0.05) is 12.1 Å². The number of ether oxygens (including phenoxy) is 1. The van der Waals surface area contributed by atoms with Crippen LogP contribution in [0.4, 0.5) is 0 Å². The van der Waals surface area contributed by atoms with Crippen LogP contribution in [0.3, 0.4) is 0 Å². The zero-order chi connectivity index (χ0) is 17.2. The Balaban J connectivity index is 1.82. The Labute approximate surface area is 142 Å². The molecule has 2 fully saturated rings. The fraction of sp³-hybridized carbons (Fsp3) is 0.562. The Hall–Kier alpha value is -1.64.